The molecule has 0 bridgehead atoms. The van der Waals surface area contributed by atoms with Gasteiger partial charge in [0.2, 0.25) is 0 Å². The predicted molar refractivity (Wildman–Crippen MR) is 82.6 cm³/mol. The monoisotopic (exact) mass is 337 g/mol. The molecular weight excluding hydrogens is 321 g/mol. The number of hydrogen-bond acceptors (Lipinski definition) is 2. The molecular formula is C16H17BrFNO. The number of halogens is 2. The zero-order valence-electron chi connectivity index (χ0n) is 11.5. The Kier molecular flexibility index (Phi) is 5.15. The third kappa shape index (κ3) is 4.05. The summed E-state index contributed by atoms with van der Waals surface area (Å²) in [6.45, 7) is 4.85. The van der Waals surface area contributed by atoms with Gasteiger partial charge in [-0.15, -0.1) is 0 Å². The summed E-state index contributed by atoms with van der Waals surface area (Å²) in [5, 5.41) is 3.33. The summed E-state index contributed by atoms with van der Waals surface area (Å²) in [6, 6.07) is 12.8. The lowest BCUT2D eigenvalue weighted by molar-refractivity contribution is 0.434. The molecule has 2 rings (SSSR count). The van der Waals surface area contributed by atoms with Crippen molar-refractivity contribution in [3.05, 3.63) is 58.3 Å². The molecule has 0 aromatic heterocycles. The van der Waals surface area contributed by atoms with Crippen LogP contribution >= 0.6 is 15.9 Å². The fraction of sp³-hybridized carbons (Fsp3) is 0.250. The normalized spacial score (nSPS) is 10.8. The number of rotatable bonds is 5. The van der Waals surface area contributed by atoms with E-state index in [1.807, 2.05) is 24.3 Å². The molecule has 0 atom stereocenters. The summed E-state index contributed by atoms with van der Waals surface area (Å²) in [4.78, 5) is 0. The summed E-state index contributed by atoms with van der Waals surface area (Å²) >= 11 is 3.23. The first kappa shape index (κ1) is 15.0. The van der Waals surface area contributed by atoms with E-state index in [2.05, 4.69) is 35.1 Å². The maximum Gasteiger partial charge on any atom is 0.166 e. The zero-order chi connectivity index (χ0) is 14.5. The molecule has 0 amide bonds. The lowest BCUT2D eigenvalue weighted by Gasteiger charge is -2.14. The van der Waals surface area contributed by atoms with Crippen LogP contribution in [0.15, 0.2) is 46.9 Å². The topological polar surface area (TPSA) is 21.3 Å². The lowest BCUT2D eigenvalue weighted by Crippen LogP contribution is -2.22. The van der Waals surface area contributed by atoms with Crippen molar-refractivity contribution in [3.63, 3.8) is 0 Å². The molecule has 0 fully saturated rings. The van der Waals surface area contributed by atoms with Crippen LogP contribution in [-0.4, -0.2) is 6.04 Å². The largest absolute Gasteiger partial charge is 0.454 e. The zero-order valence-corrected chi connectivity index (χ0v) is 13.1. The molecule has 0 unspecified atom stereocenters. The minimum absolute atomic E-state index is 0.227. The van der Waals surface area contributed by atoms with Gasteiger partial charge >= 0.3 is 0 Å². The van der Waals surface area contributed by atoms with Gasteiger partial charge in [0.1, 0.15) is 5.75 Å². The second-order valence-electron chi connectivity index (χ2n) is 4.82. The summed E-state index contributed by atoms with van der Waals surface area (Å²) in [5.74, 6) is 0.512. The summed E-state index contributed by atoms with van der Waals surface area (Å²) in [5.41, 5.74) is 1.00. The Hall–Kier alpha value is -1.39. The molecule has 2 aromatic rings. The minimum Gasteiger partial charge on any atom is -0.454 e. The molecule has 106 valence electrons. The Morgan fingerprint density at radius 1 is 1.15 bits per heavy atom. The number of nitrogens with one attached hydrogen (secondary N) is 1. The number of benzene rings is 2. The number of ether oxygens (including phenoxy) is 1. The molecule has 0 saturated carbocycles. The highest BCUT2D eigenvalue weighted by Gasteiger charge is 2.09. The van der Waals surface area contributed by atoms with Crippen LogP contribution in [0.5, 0.6) is 11.5 Å². The van der Waals surface area contributed by atoms with Crippen molar-refractivity contribution in [2.24, 2.45) is 0 Å². The van der Waals surface area contributed by atoms with E-state index in [-0.39, 0.29) is 11.6 Å². The van der Waals surface area contributed by atoms with Crippen LogP contribution in [0, 0.1) is 5.82 Å². The van der Waals surface area contributed by atoms with Crippen LogP contribution in [0.2, 0.25) is 0 Å². The fourth-order valence-corrected chi connectivity index (χ4v) is 2.07. The van der Waals surface area contributed by atoms with Crippen molar-refractivity contribution in [2.75, 3.05) is 0 Å². The average Bonchev–Trinajstić information content (AvgIpc) is 2.41. The summed E-state index contributed by atoms with van der Waals surface area (Å²) in [7, 11) is 0. The lowest BCUT2D eigenvalue weighted by atomic mass is 10.2. The van der Waals surface area contributed by atoms with Crippen LogP contribution < -0.4 is 10.1 Å². The van der Waals surface area contributed by atoms with Gasteiger partial charge in [0.15, 0.2) is 11.6 Å². The quantitative estimate of drug-likeness (QED) is 0.839. The van der Waals surface area contributed by atoms with Gasteiger partial charge in [-0.1, -0.05) is 48.0 Å². The van der Waals surface area contributed by atoms with Gasteiger partial charge in [-0.05, 0) is 24.3 Å². The number of hydrogen-bond donors (Lipinski definition) is 1. The summed E-state index contributed by atoms with van der Waals surface area (Å²) in [6.07, 6.45) is 0. The first-order valence-corrected chi connectivity index (χ1v) is 7.30. The average molecular weight is 338 g/mol. The first-order chi connectivity index (χ1) is 9.56. The second kappa shape index (κ2) is 6.86. The fourth-order valence-electron chi connectivity index (χ4n) is 1.74. The molecule has 0 radical (unpaired) electrons. The van der Waals surface area contributed by atoms with Crippen molar-refractivity contribution in [1.29, 1.82) is 0 Å². The highest BCUT2D eigenvalue weighted by Crippen LogP contribution is 2.29. The first-order valence-electron chi connectivity index (χ1n) is 6.50. The van der Waals surface area contributed by atoms with Gasteiger partial charge in [0.05, 0.1) is 0 Å². The molecule has 0 aliphatic heterocycles. The van der Waals surface area contributed by atoms with Gasteiger partial charge in [-0.25, -0.2) is 4.39 Å². The SMILES string of the molecule is CC(C)NCc1ccccc1Oc1ccc(Br)cc1F. The van der Waals surface area contributed by atoms with Crippen molar-refractivity contribution < 1.29 is 9.13 Å². The van der Waals surface area contributed by atoms with Gasteiger partial charge in [-0.2, -0.15) is 0 Å². The van der Waals surface area contributed by atoms with E-state index < -0.39 is 0 Å². The van der Waals surface area contributed by atoms with Crippen LogP contribution in [0.4, 0.5) is 4.39 Å². The van der Waals surface area contributed by atoms with Crippen LogP contribution in [-0.2, 0) is 6.54 Å². The third-order valence-electron chi connectivity index (χ3n) is 2.79. The van der Waals surface area contributed by atoms with Gasteiger partial charge < -0.3 is 10.1 Å². The molecule has 4 heteroatoms. The van der Waals surface area contributed by atoms with E-state index in [0.717, 1.165) is 5.56 Å². The van der Waals surface area contributed by atoms with Crippen LogP contribution in [0.1, 0.15) is 19.4 Å². The molecule has 2 aromatic carbocycles. The third-order valence-corrected chi connectivity index (χ3v) is 3.28. The summed E-state index contributed by atoms with van der Waals surface area (Å²) < 4.78 is 20.2. The molecule has 0 saturated heterocycles. The maximum atomic E-state index is 13.8. The van der Waals surface area contributed by atoms with Gasteiger partial charge in [0, 0.05) is 22.6 Å². The minimum atomic E-state index is -0.383. The van der Waals surface area contributed by atoms with Crippen molar-refractivity contribution in [3.8, 4) is 11.5 Å². The molecule has 0 aliphatic carbocycles. The standard InChI is InChI=1S/C16H17BrFNO/c1-11(2)19-10-12-5-3-4-6-15(12)20-16-8-7-13(17)9-14(16)18/h3-9,11,19H,10H2,1-2H3. The molecule has 0 spiro atoms. The Morgan fingerprint density at radius 2 is 1.90 bits per heavy atom. The van der Waals surface area contributed by atoms with E-state index >= 15 is 0 Å². The highest BCUT2D eigenvalue weighted by atomic mass is 79.9. The van der Waals surface area contributed by atoms with E-state index in [1.165, 1.54) is 6.07 Å². The molecule has 2 nitrogen and oxygen atoms in total. The number of para-hydroxylation sites is 1. The van der Waals surface area contributed by atoms with E-state index in [0.29, 0.717) is 22.8 Å². The molecule has 0 aliphatic rings. The highest BCUT2D eigenvalue weighted by molar-refractivity contribution is 9.10. The van der Waals surface area contributed by atoms with Crippen molar-refractivity contribution in [1.82, 2.24) is 5.32 Å². The maximum absolute atomic E-state index is 13.8. The van der Waals surface area contributed by atoms with Crippen LogP contribution in [0.25, 0.3) is 0 Å². The second-order valence-corrected chi connectivity index (χ2v) is 5.74. The Balaban J connectivity index is 2.20. The van der Waals surface area contributed by atoms with Crippen molar-refractivity contribution in [2.45, 2.75) is 26.4 Å². The Bertz CT molecular complexity index is 586. The van der Waals surface area contributed by atoms with Gasteiger partial charge in [-0.3, -0.25) is 0 Å². The molecule has 1 N–H and O–H groups in total. The smallest absolute Gasteiger partial charge is 0.166 e. The van der Waals surface area contributed by atoms with E-state index in [9.17, 15) is 4.39 Å². The Labute approximate surface area is 127 Å². The van der Waals surface area contributed by atoms with Crippen molar-refractivity contribution >= 4 is 15.9 Å². The van der Waals surface area contributed by atoms with E-state index in [1.54, 1.807) is 12.1 Å². The Morgan fingerprint density at radius 3 is 2.60 bits per heavy atom. The molecule has 0 heterocycles. The van der Waals surface area contributed by atoms with E-state index in [4.69, 9.17) is 4.74 Å². The predicted octanol–water partition coefficient (Wildman–Crippen LogP) is 4.88. The molecule has 20 heavy (non-hydrogen) atoms. The van der Waals surface area contributed by atoms with Crippen LogP contribution in [0.3, 0.4) is 0 Å². The van der Waals surface area contributed by atoms with Gasteiger partial charge in [0.25, 0.3) is 0 Å².